The Morgan fingerprint density at radius 1 is 0.895 bits per heavy atom. The Morgan fingerprint density at radius 2 is 1.79 bits per heavy atom. The first-order valence-electron chi connectivity index (χ1n) is 11.8. The van der Waals surface area contributed by atoms with Crippen molar-refractivity contribution >= 4 is 45.0 Å². The molecule has 0 aliphatic carbocycles. The molecule has 0 fully saturated rings. The van der Waals surface area contributed by atoms with Crippen LogP contribution in [0.15, 0.2) is 90.8 Å². The minimum atomic E-state index is -0.198. The summed E-state index contributed by atoms with van der Waals surface area (Å²) in [6.45, 7) is 0. The van der Waals surface area contributed by atoms with Crippen LogP contribution in [0.2, 0.25) is 0 Å². The van der Waals surface area contributed by atoms with Crippen molar-refractivity contribution in [2.45, 2.75) is 0 Å². The van der Waals surface area contributed by atoms with Crippen molar-refractivity contribution in [3.05, 3.63) is 96.4 Å². The Labute approximate surface area is 219 Å². The first-order chi connectivity index (χ1) is 18.7. The number of amides is 1. The van der Waals surface area contributed by atoms with Gasteiger partial charge < -0.3 is 10.3 Å². The lowest BCUT2D eigenvalue weighted by Gasteiger charge is -2.07. The van der Waals surface area contributed by atoms with E-state index in [4.69, 9.17) is 4.98 Å². The fourth-order valence-corrected chi connectivity index (χ4v) is 5.06. The number of carbonyl (C=O) groups is 1. The zero-order valence-corrected chi connectivity index (χ0v) is 20.5. The molecule has 0 spiro atoms. The van der Waals surface area contributed by atoms with Gasteiger partial charge in [-0.15, -0.1) is 11.3 Å². The molecule has 1 aromatic carbocycles. The molecule has 0 saturated heterocycles. The molecular weight excluding hydrogens is 496 g/mol. The van der Waals surface area contributed by atoms with Crippen LogP contribution in [0, 0.1) is 0 Å². The fraction of sp³-hybridized carbons (Fsp3) is 0. The maximum Gasteiger partial charge on any atom is 0.255 e. The summed E-state index contributed by atoms with van der Waals surface area (Å²) >= 11 is 1.62. The van der Waals surface area contributed by atoms with Gasteiger partial charge in [0.2, 0.25) is 0 Å². The number of thiophene rings is 1. The molecule has 7 aromatic rings. The van der Waals surface area contributed by atoms with Gasteiger partial charge in [0.05, 0.1) is 27.7 Å². The lowest BCUT2D eigenvalue weighted by molar-refractivity contribution is 0.102. The number of aromatic nitrogens is 7. The molecule has 9 nitrogen and oxygen atoms in total. The number of anilines is 1. The third-order valence-corrected chi connectivity index (χ3v) is 7.04. The van der Waals surface area contributed by atoms with Gasteiger partial charge in [0.25, 0.3) is 5.91 Å². The molecule has 7 rings (SSSR count). The van der Waals surface area contributed by atoms with E-state index in [1.54, 1.807) is 48.3 Å². The van der Waals surface area contributed by atoms with Crippen molar-refractivity contribution in [1.29, 1.82) is 0 Å². The number of H-pyrrole nitrogens is 2. The number of nitrogens with zero attached hydrogens (tertiary/aromatic N) is 5. The van der Waals surface area contributed by atoms with E-state index in [-0.39, 0.29) is 5.91 Å². The SMILES string of the molecule is O=C(Nc1cncc(-c2cnc3[nH]nc(-c4nc5c(-c6cccs6)nccc5[nH]4)c3c2)c1)c1ccccc1. The normalized spacial score (nSPS) is 11.3. The Hall–Kier alpha value is -5.22. The molecule has 0 aliphatic heterocycles. The van der Waals surface area contributed by atoms with E-state index in [2.05, 4.69) is 35.5 Å². The number of rotatable bonds is 5. The second-order valence-corrected chi connectivity index (χ2v) is 9.54. The summed E-state index contributed by atoms with van der Waals surface area (Å²) in [6.07, 6.45) is 6.88. The van der Waals surface area contributed by atoms with Crippen LogP contribution in [0.4, 0.5) is 5.69 Å². The van der Waals surface area contributed by atoms with E-state index >= 15 is 0 Å². The maximum atomic E-state index is 12.6. The largest absolute Gasteiger partial charge is 0.336 e. The Bertz CT molecular complexity index is 1930. The van der Waals surface area contributed by atoms with Crippen LogP contribution in [0.5, 0.6) is 0 Å². The Balaban J connectivity index is 1.25. The van der Waals surface area contributed by atoms with Crippen LogP contribution in [0.3, 0.4) is 0 Å². The minimum Gasteiger partial charge on any atom is -0.336 e. The van der Waals surface area contributed by atoms with E-state index in [1.807, 2.05) is 53.9 Å². The zero-order chi connectivity index (χ0) is 25.5. The van der Waals surface area contributed by atoms with Gasteiger partial charge in [-0.2, -0.15) is 5.10 Å². The predicted octanol–water partition coefficient (Wildman–Crippen LogP) is 5.94. The van der Waals surface area contributed by atoms with Crippen molar-refractivity contribution in [3.63, 3.8) is 0 Å². The summed E-state index contributed by atoms with van der Waals surface area (Å²) in [5.74, 6) is 0.426. The van der Waals surface area contributed by atoms with E-state index in [1.165, 1.54) is 0 Å². The van der Waals surface area contributed by atoms with Crippen LogP contribution < -0.4 is 5.32 Å². The molecule has 0 saturated carbocycles. The number of imidazole rings is 1. The van der Waals surface area contributed by atoms with Crippen molar-refractivity contribution in [3.8, 4) is 33.2 Å². The number of pyridine rings is 3. The maximum absolute atomic E-state index is 12.6. The second-order valence-electron chi connectivity index (χ2n) is 8.59. The Kier molecular flexibility index (Phi) is 5.22. The average Bonchev–Trinajstić information content (AvgIpc) is 3.73. The summed E-state index contributed by atoms with van der Waals surface area (Å²) in [4.78, 5) is 35.3. The summed E-state index contributed by atoms with van der Waals surface area (Å²) < 4.78 is 0. The zero-order valence-electron chi connectivity index (χ0n) is 19.7. The number of aromatic amines is 2. The van der Waals surface area contributed by atoms with Gasteiger partial charge in [0.15, 0.2) is 11.5 Å². The molecule has 3 N–H and O–H groups in total. The third-order valence-electron chi connectivity index (χ3n) is 6.16. The summed E-state index contributed by atoms with van der Waals surface area (Å²) in [6, 6.07) is 18.9. The number of benzene rings is 1. The Morgan fingerprint density at radius 3 is 2.66 bits per heavy atom. The first-order valence-corrected chi connectivity index (χ1v) is 12.7. The summed E-state index contributed by atoms with van der Waals surface area (Å²) in [5.41, 5.74) is 6.61. The molecule has 1 amide bonds. The fourth-order valence-electron chi connectivity index (χ4n) is 4.34. The monoisotopic (exact) mass is 514 g/mol. The highest BCUT2D eigenvalue weighted by Crippen LogP contribution is 2.33. The highest BCUT2D eigenvalue weighted by Gasteiger charge is 2.17. The van der Waals surface area contributed by atoms with Gasteiger partial charge in [-0.25, -0.2) is 9.97 Å². The number of hydrogen-bond acceptors (Lipinski definition) is 7. The van der Waals surface area contributed by atoms with Crippen LogP contribution >= 0.6 is 11.3 Å². The quantitative estimate of drug-likeness (QED) is 0.261. The van der Waals surface area contributed by atoms with Crippen LogP contribution in [0.1, 0.15) is 10.4 Å². The molecule has 0 radical (unpaired) electrons. The number of fused-ring (bicyclic) bond motifs is 2. The number of hydrogen-bond donors (Lipinski definition) is 3. The molecule has 10 heteroatoms. The molecule has 0 bridgehead atoms. The molecule has 38 heavy (non-hydrogen) atoms. The summed E-state index contributed by atoms with van der Waals surface area (Å²) in [5, 5.41) is 13.2. The third kappa shape index (κ3) is 3.89. The van der Waals surface area contributed by atoms with Gasteiger partial charge in [-0.3, -0.25) is 19.9 Å². The van der Waals surface area contributed by atoms with E-state index in [9.17, 15) is 4.79 Å². The van der Waals surface area contributed by atoms with Crippen molar-refractivity contribution in [1.82, 2.24) is 35.1 Å². The molecular formula is C28H18N8OS. The van der Waals surface area contributed by atoms with Crippen LogP contribution in [0.25, 0.3) is 55.3 Å². The topological polar surface area (TPSA) is 125 Å². The number of carbonyl (C=O) groups excluding carboxylic acids is 1. The van der Waals surface area contributed by atoms with E-state index in [0.717, 1.165) is 38.1 Å². The molecule has 0 aliphatic rings. The van der Waals surface area contributed by atoms with Gasteiger partial charge in [-0.05, 0) is 41.8 Å². The molecule has 0 unspecified atom stereocenters. The van der Waals surface area contributed by atoms with Crippen molar-refractivity contribution in [2.75, 3.05) is 5.32 Å². The van der Waals surface area contributed by atoms with Gasteiger partial charge >= 0.3 is 0 Å². The highest BCUT2D eigenvalue weighted by atomic mass is 32.1. The van der Waals surface area contributed by atoms with Gasteiger partial charge in [-0.1, -0.05) is 24.3 Å². The van der Waals surface area contributed by atoms with Gasteiger partial charge in [0, 0.05) is 35.3 Å². The predicted molar refractivity (Wildman–Crippen MR) is 148 cm³/mol. The molecule has 182 valence electrons. The van der Waals surface area contributed by atoms with Crippen molar-refractivity contribution in [2.24, 2.45) is 0 Å². The van der Waals surface area contributed by atoms with Crippen LogP contribution in [-0.4, -0.2) is 41.0 Å². The van der Waals surface area contributed by atoms with Gasteiger partial charge in [0.1, 0.15) is 16.9 Å². The standard InChI is InChI=1S/C28H18N8OS/c37-28(16-5-2-1-3-6-16)32-19-11-17(13-29-15-19)18-12-20-23(35-36-26(20)31-14-18)27-33-21-8-9-30-25(24(21)34-27)22-7-4-10-38-22/h1-15H,(H,32,37)(H,33,34)(H,31,35,36). The molecule has 6 aromatic heterocycles. The van der Waals surface area contributed by atoms with Crippen LogP contribution in [-0.2, 0) is 0 Å². The smallest absolute Gasteiger partial charge is 0.255 e. The lowest BCUT2D eigenvalue weighted by atomic mass is 10.1. The second kappa shape index (κ2) is 9.02. The molecule has 6 heterocycles. The first kappa shape index (κ1) is 22.0. The summed E-state index contributed by atoms with van der Waals surface area (Å²) in [7, 11) is 0. The molecule has 0 atom stereocenters. The lowest BCUT2D eigenvalue weighted by Crippen LogP contribution is -2.11. The van der Waals surface area contributed by atoms with E-state index < -0.39 is 0 Å². The van der Waals surface area contributed by atoms with E-state index in [0.29, 0.717) is 28.4 Å². The highest BCUT2D eigenvalue weighted by molar-refractivity contribution is 7.13. The van der Waals surface area contributed by atoms with Crippen molar-refractivity contribution < 1.29 is 4.79 Å². The average molecular weight is 515 g/mol. The number of nitrogens with one attached hydrogen (secondary N) is 3. The minimum absolute atomic E-state index is 0.198.